The van der Waals surface area contributed by atoms with Crippen LogP contribution in [0.25, 0.3) is 10.9 Å². The van der Waals surface area contributed by atoms with E-state index in [9.17, 15) is 0 Å². The monoisotopic (exact) mass is 229 g/mol. The minimum atomic E-state index is 0.877. The molecule has 0 aliphatic rings. The van der Waals surface area contributed by atoms with Gasteiger partial charge >= 0.3 is 0 Å². The van der Waals surface area contributed by atoms with E-state index in [0.717, 1.165) is 25.2 Å². The first-order chi connectivity index (χ1) is 8.27. The van der Waals surface area contributed by atoms with Crippen molar-refractivity contribution in [3.05, 3.63) is 42.1 Å². The minimum absolute atomic E-state index is 0.877. The molecule has 3 heteroatoms. The molecular formula is C14H19N3. The van der Waals surface area contributed by atoms with Gasteiger partial charge in [-0.1, -0.05) is 24.3 Å². The number of para-hydroxylation sites is 1. The van der Waals surface area contributed by atoms with E-state index in [-0.39, 0.29) is 0 Å². The molecule has 1 heterocycles. The maximum atomic E-state index is 4.44. The summed E-state index contributed by atoms with van der Waals surface area (Å²) < 4.78 is 0. The predicted molar refractivity (Wildman–Crippen MR) is 72.0 cm³/mol. The topological polar surface area (TPSA) is 28.2 Å². The minimum Gasteiger partial charge on any atom is -0.311 e. The quantitative estimate of drug-likeness (QED) is 0.794. The highest BCUT2D eigenvalue weighted by molar-refractivity contribution is 5.81. The number of nitrogens with zero attached hydrogens (tertiary/aromatic N) is 2. The molecule has 0 unspecified atom stereocenters. The SMILES string of the molecule is CN(C)CCNCc1cccc2cccnc12. The number of likely N-dealkylation sites (N-methyl/N-ethyl adjacent to an activating group) is 1. The Kier molecular flexibility index (Phi) is 4.07. The molecule has 1 aromatic heterocycles. The van der Waals surface area contributed by atoms with Crippen molar-refractivity contribution >= 4 is 10.9 Å². The number of benzene rings is 1. The number of nitrogens with one attached hydrogen (secondary N) is 1. The summed E-state index contributed by atoms with van der Waals surface area (Å²) >= 11 is 0. The highest BCUT2D eigenvalue weighted by Crippen LogP contribution is 2.15. The normalized spacial score (nSPS) is 11.2. The van der Waals surface area contributed by atoms with Gasteiger partial charge in [-0.2, -0.15) is 0 Å². The first-order valence-electron chi connectivity index (χ1n) is 5.95. The molecule has 0 bridgehead atoms. The Hall–Kier alpha value is -1.45. The summed E-state index contributed by atoms with van der Waals surface area (Å²) in [6, 6.07) is 10.4. The average molecular weight is 229 g/mol. The van der Waals surface area contributed by atoms with E-state index < -0.39 is 0 Å². The molecule has 0 saturated heterocycles. The Balaban J connectivity index is 2.03. The molecule has 90 valence electrons. The Morgan fingerprint density at radius 2 is 2.00 bits per heavy atom. The lowest BCUT2D eigenvalue weighted by Gasteiger charge is -2.11. The summed E-state index contributed by atoms with van der Waals surface area (Å²) in [6.45, 7) is 2.93. The lowest BCUT2D eigenvalue weighted by atomic mass is 10.1. The van der Waals surface area contributed by atoms with Crippen molar-refractivity contribution < 1.29 is 0 Å². The highest BCUT2D eigenvalue weighted by Gasteiger charge is 2.00. The summed E-state index contributed by atoms with van der Waals surface area (Å²) in [4.78, 5) is 6.62. The van der Waals surface area contributed by atoms with Gasteiger partial charge in [0.25, 0.3) is 0 Å². The summed E-state index contributed by atoms with van der Waals surface area (Å²) in [5, 5.41) is 4.65. The molecule has 1 aromatic carbocycles. The molecule has 3 nitrogen and oxygen atoms in total. The van der Waals surface area contributed by atoms with Crippen LogP contribution in [0.4, 0.5) is 0 Å². The second-order valence-electron chi connectivity index (χ2n) is 4.47. The molecule has 2 rings (SSSR count). The summed E-state index contributed by atoms with van der Waals surface area (Å²) in [5.74, 6) is 0. The van der Waals surface area contributed by atoms with Crippen LogP contribution >= 0.6 is 0 Å². The van der Waals surface area contributed by atoms with E-state index >= 15 is 0 Å². The van der Waals surface area contributed by atoms with E-state index in [1.807, 2.05) is 12.3 Å². The highest BCUT2D eigenvalue weighted by atomic mass is 15.1. The van der Waals surface area contributed by atoms with Crippen LogP contribution in [0.5, 0.6) is 0 Å². The van der Waals surface area contributed by atoms with E-state index in [4.69, 9.17) is 0 Å². The first-order valence-corrected chi connectivity index (χ1v) is 5.95. The number of hydrogen-bond acceptors (Lipinski definition) is 3. The first kappa shape index (κ1) is 12.0. The fraction of sp³-hybridized carbons (Fsp3) is 0.357. The zero-order chi connectivity index (χ0) is 12.1. The number of aromatic nitrogens is 1. The predicted octanol–water partition coefficient (Wildman–Crippen LogP) is 1.89. The molecule has 0 radical (unpaired) electrons. The fourth-order valence-corrected chi connectivity index (χ4v) is 1.84. The van der Waals surface area contributed by atoms with Gasteiger partial charge in [0, 0.05) is 31.2 Å². The summed E-state index contributed by atoms with van der Waals surface area (Å²) in [5.41, 5.74) is 2.37. The van der Waals surface area contributed by atoms with Crippen LogP contribution in [-0.2, 0) is 6.54 Å². The zero-order valence-corrected chi connectivity index (χ0v) is 10.5. The van der Waals surface area contributed by atoms with E-state index in [1.54, 1.807) is 0 Å². The van der Waals surface area contributed by atoms with Crippen LogP contribution in [0.1, 0.15) is 5.56 Å². The van der Waals surface area contributed by atoms with Crippen LogP contribution in [-0.4, -0.2) is 37.1 Å². The number of fused-ring (bicyclic) bond motifs is 1. The molecule has 0 amide bonds. The van der Waals surface area contributed by atoms with Crippen molar-refractivity contribution in [3.63, 3.8) is 0 Å². The molecule has 0 spiro atoms. The molecule has 0 saturated carbocycles. The summed E-state index contributed by atoms with van der Waals surface area (Å²) in [7, 11) is 4.17. The van der Waals surface area contributed by atoms with Crippen molar-refractivity contribution in [1.29, 1.82) is 0 Å². The Morgan fingerprint density at radius 1 is 1.18 bits per heavy atom. The van der Waals surface area contributed by atoms with Crippen LogP contribution in [0.3, 0.4) is 0 Å². The van der Waals surface area contributed by atoms with Gasteiger partial charge in [-0.25, -0.2) is 0 Å². The van der Waals surface area contributed by atoms with E-state index in [0.29, 0.717) is 0 Å². The summed E-state index contributed by atoms with van der Waals surface area (Å²) in [6.07, 6.45) is 1.85. The number of pyridine rings is 1. The van der Waals surface area contributed by atoms with Gasteiger partial charge in [0.1, 0.15) is 0 Å². The smallest absolute Gasteiger partial charge is 0.0746 e. The number of hydrogen-bond donors (Lipinski definition) is 1. The molecule has 0 fully saturated rings. The number of rotatable bonds is 5. The largest absolute Gasteiger partial charge is 0.311 e. The van der Waals surface area contributed by atoms with Crippen molar-refractivity contribution in [2.75, 3.05) is 27.2 Å². The Labute approximate surface area is 102 Å². The Morgan fingerprint density at radius 3 is 2.82 bits per heavy atom. The van der Waals surface area contributed by atoms with Crippen molar-refractivity contribution in [2.45, 2.75) is 6.54 Å². The van der Waals surface area contributed by atoms with Gasteiger partial charge in [0.05, 0.1) is 5.52 Å². The maximum Gasteiger partial charge on any atom is 0.0746 e. The van der Waals surface area contributed by atoms with Crippen LogP contribution in [0.2, 0.25) is 0 Å². The van der Waals surface area contributed by atoms with Gasteiger partial charge in [0.15, 0.2) is 0 Å². The van der Waals surface area contributed by atoms with Crippen molar-refractivity contribution in [1.82, 2.24) is 15.2 Å². The molecule has 2 aromatic rings. The molecular weight excluding hydrogens is 210 g/mol. The van der Waals surface area contributed by atoms with E-state index in [1.165, 1.54) is 10.9 Å². The third-order valence-corrected chi connectivity index (χ3v) is 2.77. The average Bonchev–Trinajstić information content (AvgIpc) is 2.34. The zero-order valence-electron chi connectivity index (χ0n) is 10.5. The van der Waals surface area contributed by atoms with Crippen LogP contribution in [0, 0.1) is 0 Å². The molecule has 17 heavy (non-hydrogen) atoms. The van der Waals surface area contributed by atoms with Crippen molar-refractivity contribution in [2.24, 2.45) is 0 Å². The standard InChI is InChI=1S/C14H19N3/c1-17(2)10-9-15-11-13-6-3-5-12-7-4-8-16-14(12)13/h3-8,15H,9-11H2,1-2H3. The lowest BCUT2D eigenvalue weighted by Crippen LogP contribution is -2.26. The van der Waals surface area contributed by atoms with Gasteiger partial charge in [0.2, 0.25) is 0 Å². The van der Waals surface area contributed by atoms with Crippen LogP contribution in [0.15, 0.2) is 36.5 Å². The fourth-order valence-electron chi connectivity index (χ4n) is 1.84. The van der Waals surface area contributed by atoms with Crippen LogP contribution < -0.4 is 5.32 Å². The molecule has 1 N–H and O–H groups in total. The third kappa shape index (κ3) is 3.25. The second-order valence-corrected chi connectivity index (χ2v) is 4.47. The lowest BCUT2D eigenvalue weighted by molar-refractivity contribution is 0.400. The van der Waals surface area contributed by atoms with Gasteiger partial charge < -0.3 is 10.2 Å². The van der Waals surface area contributed by atoms with Gasteiger partial charge in [-0.15, -0.1) is 0 Å². The Bertz CT molecular complexity index is 474. The molecule has 0 aliphatic carbocycles. The van der Waals surface area contributed by atoms with Gasteiger partial charge in [-0.05, 0) is 25.7 Å². The van der Waals surface area contributed by atoms with E-state index in [2.05, 4.69) is 53.6 Å². The van der Waals surface area contributed by atoms with Gasteiger partial charge in [-0.3, -0.25) is 4.98 Å². The maximum absolute atomic E-state index is 4.44. The second kappa shape index (κ2) is 5.75. The molecule has 0 atom stereocenters. The third-order valence-electron chi connectivity index (χ3n) is 2.77. The van der Waals surface area contributed by atoms with Crippen molar-refractivity contribution in [3.8, 4) is 0 Å². The molecule has 0 aliphatic heterocycles.